The topological polar surface area (TPSA) is 98.8 Å². The number of nitrogens with zero attached hydrogens (tertiary/aromatic N) is 3. The van der Waals surface area contributed by atoms with Gasteiger partial charge in [-0.2, -0.15) is 0 Å². The molecule has 0 spiro atoms. The summed E-state index contributed by atoms with van der Waals surface area (Å²) < 4.78 is 6.91. The number of amides is 1. The van der Waals surface area contributed by atoms with E-state index in [1.165, 1.54) is 19.2 Å². The molecule has 134 valence electrons. The highest BCUT2D eigenvalue weighted by atomic mass is 16.6. The number of carbonyl (C=O) groups is 1. The van der Waals surface area contributed by atoms with Gasteiger partial charge in [0.25, 0.3) is 0 Å². The summed E-state index contributed by atoms with van der Waals surface area (Å²) in [7, 11) is 1.36. The summed E-state index contributed by atoms with van der Waals surface area (Å²) in [5.74, 6) is -0.0795. The van der Waals surface area contributed by atoms with Gasteiger partial charge in [-0.25, -0.2) is 4.98 Å². The maximum atomic E-state index is 12.2. The van der Waals surface area contributed by atoms with Crippen molar-refractivity contribution in [2.24, 2.45) is 0 Å². The van der Waals surface area contributed by atoms with Crippen LogP contribution in [0.4, 0.5) is 11.4 Å². The van der Waals surface area contributed by atoms with Gasteiger partial charge in [0.2, 0.25) is 5.91 Å². The minimum Gasteiger partial charge on any atom is -0.490 e. The first-order valence-electron chi connectivity index (χ1n) is 8.04. The van der Waals surface area contributed by atoms with E-state index >= 15 is 0 Å². The Morgan fingerprint density at radius 2 is 2.15 bits per heavy atom. The fourth-order valence-electron chi connectivity index (χ4n) is 2.83. The molecule has 1 amide bonds. The van der Waals surface area contributed by atoms with Crippen molar-refractivity contribution in [1.82, 2.24) is 9.38 Å². The number of nitrogens with one attached hydrogen (secondary N) is 1. The van der Waals surface area contributed by atoms with Crippen LogP contribution in [-0.2, 0) is 11.2 Å². The van der Waals surface area contributed by atoms with E-state index in [0.29, 0.717) is 12.1 Å². The number of benzene rings is 1. The third-order valence-corrected chi connectivity index (χ3v) is 4.08. The van der Waals surface area contributed by atoms with E-state index in [1.54, 1.807) is 6.07 Å². The monoisotopic (exact) mass is 354 g/mol. The van der Waals surface area contributed by atoms with Crippen molar-refractivity contribution < 1.29 is 14.5 Å². The van der Waals surface area contributed by atoms with Crippen LogP contribution in [0.15, 0.2) is 42.6 Å². The molecule has 1 N–H and O–H groups in total. The van der Waals surface area contributed by atoms with Gasteiger partial charge < -0.3 is 14.5 Å². The van der Waals surface area contributed by atoms with Gasteiger partial charge in [-0.1, -0.05) is 6.07 Å². The highest BCUT2D eigenvalue weighted by Gasteiger charge is 2.16. The molecule has 2 aromatic heterocycles. The number of ether oxygens (including phenoxy) is 1. The Kier molecular flexibility index (Phi) is 4.83. The number of nitro benzene ring substituents is 1. The zero-order valence-electron chi connectivity index (χ0n) is 14.4. The van der Waals surface area contributed by atoms with Crippen LogP contribution in [0.1, 0.15) is 17.8 Å². The number of nitro groups is 1. The Hall–Kier alpha value is -3.42. The van der Waals surface area contributed by atoms with Gasteiger partial charge >= 0.3 is 5.69 Å². The normalized spacial score (nSPS) is 10.7. The zero-order valence-corrected chi connectivity index (χ0v) is 14.4. The molecule has 0 aliphatic heterocycles. The van der Waals surface area contributed by atoms with Crippen LogP contribution < -0.4 is 10.1 Å². The molecule has 0 fully saturated rings. The fourth-order valence-corrected chi connectivity index (χ4v) is 2.83. The van der Waals surface area contributed by atoms with Crippen molar-refractivity contribution >= 4 is 22.9 Å². The van der Waals surface area contributed by atoms with Crippen molar-refractivity contribution in [3.63, 3.8) is 0 Å². The van der Waals surface area contributed by atoms with Gasteiger partial charge in [0, 0.05) is 30.1 Å². The molecule has 0 saturated heterocycles. The Labute approximate surface area is 149 Å². The van der Waals surface area contributed by atoms with Crippen molar-refractivity contribution in [2.45, 2.75) is 19.8 Å². The van der Waals surface area contributed by atoms with Crippen molar-refractivity contribution in [1.29, 1.82) is 0 Å². The van der Waals surface area contributed by atoms with Crippen molar-refractivity contribution in [3.05, 3.63) is 64.1 Å². The van der Waals surface area contributed by atoms with Crippen molar-refractivity contribution in [2.75, 3.05) is 12.4 Å². The number of aryl methyl sites for hydroxylation is 2. The van der Waals surface area contributed by atoms with Crippen LogP contribution in [0, 0.1) is 17.0 Å². The number of imidazole rings is 1. The number of carbonyl (C=O) groups excluding carboxylic acids is 1. The second-order valence-corrected chi connectivity index (χ2v) is 5.76. The third-order valence-electron chi connectivity index (χ3n) is 4.08. The minimum absolute atomic E-state index is 0.148. The van der Waals surface area contributed by atoms with E-state index in [-0.39, 0.29) is 23.8 Å². The average Bonchev–Trinajstić information content (AvgIpc) is 2.95. The third kappa shape index (κ3) is 3.49. The molecule has 0 radical (unpaired) electrons. The molecule has 26 heavy (non-hydrogen) atoms. The number of methoxy groups -OCH3 is 1. The molecule has 0 aliphatic carbocycles. The highest BCUT2D eigenvalue weighted by molar-refractivity contribution is 5.91. The molecule has 8 nitrogen and oxygen atoms in total. The SMILES string of the molecule is COc1ccc(NC(=O)CCc2c(C)nc3ccccn23)cc1[N+](=O)[O-]. The number of hydrogen-bond donors (Lipinski definition) is 1. The fraction of sp³-hybridized carbons (Fsp3) is 0.222. The second-order valence-electron chi connectivity index (χ2n) is 5.76. The van der Waals surface area contributed by atoms with Gasteiger partial charge in [0.1, 0.15) is 5.65 Å². The highest BCUT2D eigenvalue weighted by Crippen LogP contribution is 2.29. The summed E-state index contributed by atoms with van der Waals surface area (Å²) in [6, 6.07) is 10.1. The van der Waals surface area contributed by atoms with Crippen LogP contribution in [0.2, 0.25) is 0 Å². The molecule has 3 rings (SSSR count). The Morgan fingerprint density at radius 1 is 1.35 bits per heavy atom. The lowest BCUT2D eigenvalue weighted by molar-refractivity contribution is -0.385. The lowest BCUT2D eigenvalue weighted by atomic mass is 10.2. The molecule has 2 heterocycles. The minimum atomic E-state index is -0.545. The first-order valence-corrected chi connectivity index (χ1v) is 8.04. The predicted octanol–water partition coefficient (Wildman–Crippen LogP) is 3.13. The largest absolute Gasteiger partial charge is 0.490 e. The Morgan fingerprint density at radius 3 is 2.88 bits per heavy atom. The average molecular weight is 354 g/mol. The molecule has 1 aromatic carbocycles. The van der Waals surface area contributed by atoms with E-state index in [2.05, 4.69) is 10.3 Å². The molecule has 3 aromatic rings. The zero-order chi connectivity index (χ0) is 18.7. The van der Waals surface area contributed by atoms with Gasteiger partial charge in [0.05, 0.1) is 17.7 Å². The number of rotatable bonds is 6. The second kappa shape index (κ2) is 7.22. The standard InChI is InChI=1S/C18H18N4O4/c1-12-14(21-10-4-3-5-17(21)19-12)7-9-18(23)20-13-6-8-16(26-2)15(11-13)22(24)25/h3-6,8,10-11H,7,9H2,1-2H3,(H,20,23). The van der Waals surface area contributed by atoms with Crippen LogP contribution in [0.3, 0.4) is 0 Å². The predicted molar refractivity (Wildman–Crippen MR) is 96.5 cm³/mol. The Balaban J connectivity index is 1.70. The first kappa shape index (κ1) is 17.4. The molecule has 0 saturated carbocycles. The quantitative estimate of drug-likeness (QED) is 0.541. The van der Waals surface area contributed by atoms with E-state index in [4.69, 9.17) is 4.74 Å². The summed E-state index contributed by atoms with van der Waals surface area (Å²) in [6.45, 7) is 1.91. The Bertz CT molecular complexity index is 980. The van der Waals surface area contributed by atoms with Crippen LogP contribution in [0.5, 0.6) is 5.75 Å². The molecule has 0 atom stereocenters. The number of hydrogen-bond acceptors (Lipinski definition) is 5. The molecule has 0 bridgehead atoms. The number of aromatic nitrogens is 2. The van der Waals surface area contributed by atoms with E-state index in [0.717, 1.165) is 17.0 Å². The van der Waals surface area contributed by atoms with Gasteiger partial charge in [0.15, 0.2) is 5.75 Å². The summed E-state index contributed by atoms with van der Waals surface area (Å²) >= 11 is 0. The first-order chi connectivity index (χ1) is 12.5. The van der Waals surface area contributed by atoms with Crippen LogP contribution in [-0.4, -0.2) is 27.3 Å². The number of pyridine rings is 1. The lowest BCUT2D eigenvalue weighted by Gasteiger charge is -2.08. The smallest absolute Gasteiger partial charge is 0.312 e. The molecular weight excluding hydrogens is 336 g/mol. The summed E-state index contributed by atoms with van der Waals surface area (Å²) in [5.41, 5.74) is 2.85. The van der Waals surface area contributed by atoms with Crippen LogP contribution in [0.25, 0.3) is 5.65 Å². The lowest BCUT2D eigenvalue weighted by Crippen LogP contribution is -2.13. The molecular formula is C18H18N4O4. The maximum absolute atomic E-state index is 12.2. The molecule has 0 aliphatic rings. The van der Waals surface area contributed by atoms with Gasteiger partial charge in [-0.15, -0.1) is 0 Å². The van der Waals surface area contributed by atoms with Crippen molar-refractivity contribution in [3.8, 4) is 5.75 Å². The van der Waals surface area contributed by atoms with Crippen LogP contribution >= 0.6 is 0 Å². The van der Waals surface area contributed by atoms with Gasteiger partial charge in [-0.05, 0) is 37.6 Å². The van der Waals surface area contributed by atoms with E-state index in [1.807, 2.05) is 35.7 Å². The maximum Gasteiger partial charge on any atom is 0.312 e. The van der Waals surface area contributed by atoms with E-state index < -0.39 is 4.92 Å². The number of fused-ring (bicyclic) bond motifs is 1. The summed E-state index contributed by atoms with van der Waals surface area (Å²) in [6.07, 6.45) is 2.67. The number of anilines is 1. The van der Waals surface area contributed by atoms with Gasteiger partial charge in [-0.3, -0.25) is 14.9 Å². The summed E-state index contributed by atoms with van der Waals surface area (Å²) in [5, 5.41) is 13.8. The molecule has 8 heteroatoms. The van der Waals surface area contributed by atoms with E-state index in [9.17, 15) is 14.9 Å². The molecule has 0 unspecified atom stereocenters. The summed E-state index contributed by atoms with van der Waals surface area (Å²) in [4.78, 5) is 27.2.